The van der Waals surface area contributed by atoms with Crippen molar-refractivity contribution in [1.29, 1.82) is 0 Å². The van der Waals surface area contributed by atoms with Crippen LogP contribution in [0.1, 0.15) is 32.8 Å². The molecule has 0 radical (unpaired) electrons. The van der Waals surface area contributed by atoms with Crippen molar-refractivity contribution in [3.8, 4) is 0 Å². The van der Waals surface area contributed by atoms with Gasteiger partial charge in [0.2, 0.25) is 5.91 Å². The number of primary amides is 1. The van der Waals surface area contributed by atoms with Gasteiger partial charge in [-0.05, 0) is 32.4 Å². The normalized spacial score (nSPS) is 14.3. The third-order valence-corrected chi connectivity index (χ3v) is 3.00. The number of carbonyl (C=O) groups is 1. The zero-order valence-corrected chi connectivity index (χ0v) is 12.0. The number of ether oxygens (including phenoxy) is 1. The second-order valence-corrected chi connectivity index (χ2v) is 4.92. The fraction of sp³-hybridized carbons (Fsp3) is 0.533. The third-order valence-electron chi connectivity index (χ3n) is 3.00. The molecule has 0 aliphatic rings. The average molecular weight is 264 g/mol. The molecule has 1 amide bonds. The summed E-state index contributed by atoms with van der Waals surface area (Å²) in [5.74, 6) is -0.409. The molecule has 106 valence electrons. The molecule has 0 heterocycles. The van der Waals surface area contributed by atoms with Gasteiger partial charge in [-0.25, -0.2) is 0 Å². The Morgan fingerprint density at radius 1 is 1.37 bits per heavy atom. The molecule has 1 aromatic carbocycles. The van der Waals surface area contributed by atoms with E-state index in [4.69, 9.17) is 10.5 Å². The molecule has 4 nitrogen and oxygen atoms in total. The van der Waals surface area contributed by atoms with Crippen LogP contribution in [0.25, 0.3) is 0 Å². The fourth-order valence-electron chi connectivity index (χ4n) is 1.89. The van der Waals surface area contributed by atoms with Gasteiger partial charge >= 0.3 is 0 Å². The summed E-state index contributed by atoms with van der Waals surface area (Å²) >= 11 is 0. The van der Waals surface area contributed by atoms with E-state index < -0.39 is 11.4 Å². The summed E-state index contributed by atoms with van der Waals surface area (Å²) in [4.78, 5) is 12.0. The first kappa shape index (κ1) is 15.7. The Balaban J connectivity index is 3.07. The quantitative estimate of drug-likeness (QED) is 0.752. The predicted octanol–water partition coefficient (Wildman–Crippen LogP) is 1.79. The lowest BCUT2D eigenvalue weighted by Crippen LogP contribution is -2.56. The van der Waals surface area contributed by atoms with Crippen molar-refractivity contribution in [3.05, 3.63) is 35.9 Å². The van der Waals surface area contributed by atoms with Crippen LogP contribution in [0.3, 0.4) is 0 Å². The van der Waals surface area contributed by atoms with Crippen molar-refractivity contribution >= 4 is 5.91 Å². The van der Waals surface area contributed by atoms with Gasteiger partial charge in [0.25, 0.3) is 0 Å². The zero-order valence-electron chi connectivity index (χ0n) is 12.0. The Bertz CT molecular complexity index is 392. The Kier molecular flexibility index (Phi) is 5.99. The van der Waals surface area contributed by atoms with Gasteiger partial charge in [0.15, 0.2) is 0 Å². The zero-order chi connectivity index (χ0) is 14.3. The molecular formula is C15H24N2O2. The van der Waals surface area contributed by atoms with Gasteiger partial charge in [-0.2, -0.15) is 0 Å². The molecule has 1 rings (SSSR count). The number of hydrogen-bond acceptors (Lipinski definition) is 3. The molecule has 1 unspecified atom stereocenters. The van der Waals surface area contributed by atoms with Crippen LogP contribution in [0.4, 0.5) is 0 Å². The fourth-order valence-corrected chi connectivity index (χ4v) is 1.89. The molecule has 3 N–H and O–H groups in total. The van der Waals surface area contributed by atoms with Gasteiger partial charge in [-0.15, -0.1) is 0 Å². The molecule has 4 heteroatoms. The summed E-state index contributed by atoms with van der Waals surface area (Å²) in [6.07, 6.45) is 0.967. The first-order valence-corrected chi connectivity index (χ1v) is 6.75. The van der Waals surface area contributed by atoms with Crippen LogP contribution in [0, 0.1) is 0 Å². The smallest absolute Gasteiger partial charge is 0.244 e. The number of carbonyl (C=O) groups excluding carboxylic acids is 1. The molecule has 1 atom stereocenters. The monoisotopic (exact) mass is 264 g/mol. The Hall–Kier alpha value is -1.39. The number of nitrogens with one attached hydrogen (secondary N) is 1. The van der Waals surface area contributed by atoms with E-state index in [-0.39, 0.29) is 12.7 Å². The SMILES string of the molecule is CCCNC(COC(C)C)(C(N)=O)c1ccccc1. The van der Waals surface area contributed by atoms with Crippen molar-refractivity contribution in [1.82, 2.24) is 5.32 Å². The number of nitrogens with two attached hydrogens (primary N) is 1. The summed E-state index contributed by atoms with van der Waals surface area (Å²) in [5.41, 5.74) is 5.54. The Morgan fingerprint density at radius 3 is 2.47 bits per heavy atom. The predicted molar refractivity (Wildman–Crippen MR) is 76.7 cm³/mol. The molecule has 0 saturated carbocycles. The van der Waals surface area contributed by atoms with Crippen LogP contribution in [-0.2, 0) is 15.1 Å². The van der Waals surface area contributed by atoms with Crippen LogP contribution in [0.15, 0.2) is 30.3 Å². The molecule has 0 bridgehead atoms. The summed E-state index contributed by atoms with van der Waals surface area (Å²) < 4.78 is 5.66. The second kappa shape index (κ2) is 7.26. The number of benzene rings is 1. The van der Waals surface area contributed by atoms with E-state index in [1.165, 1.54) is 0 Å². The minimum atomic E-state index is -0.957. The van der Waals surface area contributed by atoms with E-state index in [1.807, 2.05) is 51.1 Å². The van der Waals surface area contributed by atoms with Crippen LogP contribution in [0.2, 0.25) is 0 Å². The number of amides is 1. The standard InChI is InChI=1S/C15H24N2O2/c1-4-10-17-15(14(16)18,11-19-12(2)3)13-8-6-5-7-9-13/h5-9,12,17H,4,10-11H2,1-3H3,(H2,16,18). The largest absolute Gasteiger partial charge is 0.376 e. The van der Waals surface area contributed by atoms with Crippen molar-refractivity contribution in [2.24, 2.45) is 5.73 Å². The van der Waals surface area contributed by atoms with Crippen molar-refractivity contribution in [2.75, 3.05) is 13.2 Å². The highest BCUT2D eigenvalue weighted by molar-refractivity contribution is 5.86. The molecule has 19 heavy (non-hydrogen) atoms. The molecule has 0 fully saturated rings. The second-order valence-electron chi connectivity index (χ2n) is 4.92. The maximum atomic E-state index is 12.0. The Labute approximate surface area is 115 Å². The van der Waals surface area contributed by atoms with Gasteiger partial charge in [-0.1, -0.05) is 37.3 Å². The number of rotatable bonds is 8. The van der Waals surface area contributed by atoms with Gasteiger partial charge in [0, 0.05) is 0 Å². The van der Waals surface area contributed by atoms with E-state index in [9.17, 15) is 4.79 Å². The molecule has 0 aliphatic heterocycles. The van der Waals surface area contributed by atoms with Gasteiger partial charge in [0.1, 0.15) is 5.54 Å². The highest BCUT2D eigenvalue weighted by Crippen LogP contribution is 2.22. The topological polar surface area (TPSA) is 64.3 Å². The average Bonchev–Trinajstić information content (AvgIpc) is 2.39. The summed E-state index contributed by atoms with van der Waals surface area (Å²) in [6.45, 7) is 6.88. The maximum absolute atomic E-state index is 12.0. The molecule has 0 aromatic heterocycles. The van der Waals surface area contributed by atoms with Gasteiger partial charge in [-0.3, -0.25) is 10.1 Å². The summed E-state index contributed by atoms with van der Waals surface area (Å²) in [5, 5.41) is 3.25. The third kappa shape index (κ3) is 4.04. The number of hydrogen-bond donors (Lipinski definition) is 2. The van der Waals surface area contributed by atoms with Crippen LogP contribution >= 0.6 is 0 Å². The van der Waals surface area contributed by atoms with E-state index in [1.54, 1.807) is 0 Å². The molecular weight excluding hydrogens is 240 g/mol. The Morgan fingerprint density at radius 2 is 2.00 bits per heavy atom. The van der Waals surface area contributed by atoms with Crippen LogP contribution in [0.5, 0.6) is 0 Å². The lowest BCUT2D eigenvalue weighted by atomic mass is 9.89. The summed E-state index contributed by atoms with van der Waals surface area (Å²) in [6, 6.07) is 9.51. The van der Waals surface area contributed by atoms with Crippen LogP contribution < -0.4 is 11.1 Å². The van der Waals surface area contributed by atoms with E-state index >= 15 is 0 Å². The van der Waals surface area contributed by atoms with E-state index in [0.29, 0.717) is 6.54 Å². The first-order chi connectivity index (χ1) is 9.03. The first-order valence-electron chi connectivity index (χ1n) is 6.75. The highest BCUT2D eigenvalue weighted by Gasteiger charge is 2.38. The van der Waals surface area contributed by atoms with Crippen LogP contribution in [-0.4, -0.2) is 25.2 Å². The maximum Gasteiger partial charge on any atom is 0.244 e. The minimum absolute atomic E-state index is 0.0471. The lowest BCUT2D eigenvalue weighted by Gasteiger charge is -2.32. The summed E-state index contributed by atoms with van der Waals surface area (Å²) in [7, 11) is 0. The lowest BCUT2D eigenvalue weighted by molar-refractivity contribution is -0.128. The van der Waals surface area contributed by atoms with E-state index in [2.05, 4.69) is 5.32 Å². The molecule has 0 saturated heterocycles. The molecule has 0 aliphatic carbocycles. The van der Waals surface area contributed by atoms with E-state index in [0.717, 1.165) is 12.0 Å². The van der Waals surface area contributed by atoms with Crippen molar-refractivity contribution in [3.63, 3.8) is 0 Å². The highest BCUT2D eigenvalue weighted by atomic mass is 16.5. The molecule has 1 aromatic rings. The van der Waals surface area contributed by atoms with Crippen molar-refractivity contribution in [2.45, 2.75) is 38.8 Å². The van der Waals surface area contributed by atoms with Gasteiger partial charge < -0.3 is 10.5 Å². The van der Waals surface area contributed by atoms with Crippen molar-refractivity contribution < 1.29 is 9.53 Å². The van der Waals surface area contributed by atoms with Gasteiger partial charge in [0.05, 0.1) is 12.7 Å². The minimum Gasteiger partial charge on any atom is -0.376 e. The molecule has 0 spiro atoms.